The Hall–Kier alpha value is -2.86. The fourth-order valence-electron chi connectivity index (χ4n) is 7.93. The maximum Gasteiger partial charge on any atom is 0.335 e. The van der Waals surface area contributed by atoms with Crippen molar-refractivity contribution in [3.63, 3.8) is 0 Å². The summed E-state index contributed by atoms with van der Waals surface area (Å²) in [6.45, 7) is 6.02. The summed E-state index contributed by atoms with van der Waals surface area (Å²) in [5.41, 5.74) is -6.91. The van der Waals surface area contributed by atoms with E-state index in [9.17, 15) is 29.4 Å². The van der Waals surface area contributed by atoms with Gasteiger partial charge in [-0.3, -0.25) is 9.59 Å². The lowest BCUT2D eigenvalue weighted by atomic mass is 9.62. The molecule has 198 valence electrons. The van der Waals surface area contributed by atoms with E-state index in [1.165, 1.54) is 39.4 Å². The second-order valence-electron chi connectivity index (χ2n) is 11.7. The molecule has 37 heavy (non-hydrogen) atoms. The summed E-state index contributed by atoms with van der Waals surface area (Å²) in [4.78, 5) is 53.5. The molecule has 11 nitrogen and oxygen atoms in total. The first-order valence-electron chi connectivity index (χ1n) is 12.0. The van der Waals surface area contributed by atoms with Crippen LogP contribution in [0.4, 0.5) is 0 Å². The highest BCUT2D eigenvalue weighted by Gasteiger charge is 2.91. The SMILES string of the molecule is COC(=O)[C@H](O)[C@H]1C(C)(C)C(=O)[C@]2(O)O[C@@]3(C[C@]4(C)C(=CC(=O)O[C@H]4c4ccoc4)[C@]34CO4)C(=O)[C@]12C. The molecular weight excluding hydrogens is 488 g/mol. The van der Waals surface area contributed by atoms with E-state index in [1.54, 1.807) is 13.0 Å². The van der Waals surface area contributed by atoms with Crippen molar-refractivity contribution in [1.29, 1.82) is 0 Å². The number of carbonyl (C=O) groups excluding carboxylic acids is 4. The molecule has 1 aromatic heterocycles. The maximum absolute atomic E-state index is 14.7. The van der Waals surface area contributed by atoms with E-state index in [4.69, 9.17) is 23.4 Å². The highest BCUT2D eigenvalue weighted by molar-refractivity contribution is 6.10. The van der Waals surface area contributed by atoms with Crippen molar-refractivity contribution in [2.24, 2.45) is 22.2 Å². The van der Waals surface area contributed by atoms with Crippen molar-refractivity contribution in [3.8, 4) is 0 Å². The minimum absolute atomic E-state index is 0.000481. The van der Waals surface area contributed by atoms with Gasteiger partial charge in [-0.2, -0.15) is 0 Å². The average molecular weight is 516 g/mol. The molecule has 0 unspecified atom stereocenters. The summed E-state index contributed by atoms with van der Waals surface area (Å²) >= 11 is 0. The van der Waals surface area contributed by atoms with E-state index >= 15 is 0 Å². The number of Topliss-reactive ketones (excluding diaryl/α,β-unsaturated/α-hetero) is 2. The monoisotopic (exact) mass is 516 g/mol. The molecule has 11 heteroatoms. The van der Waals surface area contributed by atoms with E-state index in [0.29, 0.717) is 11.1 Å². The van der Waals surface area contributed by atoms with Gasteiger partial charge in [-0.1, -0.05) is 20.8 Å². The van der Waals surface area contributed by atoms with Gasteiger partial charge in [0.1, 0.15) is 11.7 Å². The van der Waals surface area contributed by atoms with Gasteiger partial charge in [0.05, 0.1) is 31.7 Å². The summed E-state index contributed by atoms with van der Waals surface area (Å²) in [5, 5.41) is 22.9. The fraction of sp³-hybridized carbons (Fsp3) is 0.615. The molecule has 0 amide bonds. The second-order valence-corrected chi connectivity index (χ2v) is 11.7. The zero-order chi connectivity index (χ0) is 27.0. The number of hydrogen-bond acceptors (Lipinski definition) is 11. The van der Waals surface area contributed by atoms with Crippen LogP contribution in [0.15, 0.2) is 34.7 Å². The Morgan fingerprint density at radius 3 is 2.38 bits per heavy atom. The third-order valence-electron chi connectivity index (χ3n) is 9.59. The first kappa shape index (κ1) is 24.5. The van der Waals surface area contributed by atoms with Crippen LogP contribution in [-0.2, 0) is 38.1 Å². The second kappa shape index (κ2) is 6.76. The molecular formula is C26H28O11. The lowest BCUT2D eigenvalue weighted by Crippen LogP contribution is -2.55. The van der Waals surface area contributed by atoms with Gasteiger partial charge in [-0.25, -0.2) is 9.59 Å². The minimum Gasteiger partial charge on any atom is -0.472 e. The van der Waals surface area contributed by atoms with Gasteiger partial charge in [0.25, 0.3) is 0 Å². The van der Waals surface area contributed by atoms with Crippen LogP contribution >= 0.6 is 0 Å². The number of carbonyl (C=O) groups is 4. The number of epoxide rings is 1. The summed E-state index contributed by atoms with van der Waals surface area (Å²) in [6, 6.07) is 1.65. The van der Waals surface area contributed by atoms with Crippen LogP contribution in [0.1, 0.15) is 45.8 Å². The maximum atomic E-state index is 14.7. The van der Waals surface area contributed by atoms with E-state index in [-0.39, 0.29) is 13.0 Å². The highest BCUT2D eigenvalue weighted by atomic mass is 16.7. The van der Waals surface area contributed by atoms with Crippen LogP contribution in [-0.4, -0.2) is 70.5 Å². The molecule has 5 aliphatic rings. The lowest BCUT2D eigenvalue weighted by molar-refractivity contribution is -0.246. The normalized spacial score (nSPS) is 46.0. The summed E-state index contributed by atoms with van der Waals surface area (Å²) in [6.07, 6.45) is 1.30. The van der Waals surface area contributed by atoms with Crippen molar-refractivity contribution in [2.75, 3.05) is 13.7 Å². The number of ketones is 2. The molecule has 3 aliphatic heterocycles. The lowest BCUT2D eigenvalue weighted by Gasteiger charge is -2.38. The van der Waals surface area contributed by atoms with Crippen molar-refractivity contribution < 1.29 is 52.8 Å². The average Bonchev–Trinajstić information content (AvgIpc) is 3.32. The van der Waals surface area contributed by atoms with E-state index < -0.39 is 74.9 Å². The molecule has 2 saturated heterocycles. The van der Waals surface area contributed by atoms with Crippen LogP contribution in [0.25, 0.3) is 0 Å². The third-order valence-corrected chi connectivity index (χ3v) is 9.59. The molecule has 2 spiro atoms. The summed E-state index contributed by atoms with van der Waals surface area (Å²) in [5.74, 6) is -7.27. The van der Waals surface area contributed by atoms with Crippen molar-refractivity contribution in [3.05, 3.63) is 35.8 Å². The smallest absolute Gasteiger partial charge is 0.335 e. The van der Waals surface area contributed by atoms with E-state index in [2.05, 4.69) is 0 Å². The van der Waals surface area contributed by atoms with Crippen molar-refractivity contribution in [2.45, 2.75) is 63.3 Å². The number of cyclic esters (lactones) is 1. The molecule has 4 heterocycles. The Bertz CT molecular complexity index is 1290. The number of hydrogen-bond donors (Lipinski definition) is 2. The number of esters is 2. The number of aliphatic hydroxyl groups is 2. The Morgan fingerprint density at radius 1 is 1.14 bits per heavy atom. The molecule has 4 fully saturated rings. The van der Waals surface area contributed by atoms with Gasteiger partial charge < -0.3 is 33.6 Å². The first-order chi connectivity index (χ1) is 17.2. The Morgan fingerprint density at radius 2 is 1.81 bits per heavy atom. The molecule has 2 saturated carbocycles. The Balaban J connectivity index is 1.54. The van der Waals surface area contributed by atoms with Crippen molar-refractivity contribution in [1.82, 2.24) is 0 Å². The third kappa shape index (κ3) is 2.42. The zero-order valence-corrected chi connectivity index (χ0v) is 21.0. The molecule has 1 aromatic rings. The van der Waals surface area contributed by atoms with Gasteiger partial charge in [0.15, 0.2) is 23.3 Å². The number of fused-ring (bicyclic) bond motifs is 4. The van der Waals surface area contributed by atoms with Gasteiger partial charge in [0.2, 0.25) is 5.79 Å². The summed E-state index contributed by atoms with van der Waals surface area (Å²) < 4.78 is 27.8. The number of rotatable bonds is 3. The van der Waals surface area contributed by atoms with Gasteiger partial charge >= 0.3 is 11.9 Å². The zero-order valence-electron chi connectivity index (χ0n) is 21.0. The van der Waals surface area contributed by atoms with E-state index in [0.717, 1.165) is 7.11 Å². The topological polar surface area (TPSA) is 162 Å². The molecule has 0 radical (unpaired) electrons. The Labute approximate surface area is 211 Å². The van der Waals surface area contributed by atoms with Gasteiger partial charge in [-0.15, -0.1) is 0 Å². The molecule has 8 atom stereocenters. The number of ether oxygens (including phenoxy) is 4. The standard InChI is InChI=1S/C26H28O11/c1-21(2)16(15(28)18(29)33-5)23(4)20(31)24(37-26(23,32)19(21)30)10-22(3)13(25(24)11-35-25)8-14(27)36-17(22)12-6-7-34-9-12/h6-9,15-17,28,32H,10-11H2,1-5H3/t15-,16+,17+,22-,23+,24+,25-,26+/m1/s1. The number of furan rings is 1. The minimum atomic E-state index is -2.67. The molecule has 2 N–H and O–H groups in total. The van der Waals surface area contributed by atoms with Crippen LogP contribution < -0.4 is 0 Å². The number of methoxy groups -OCH3 is 1. The number of aliphatic hydroxyl groups excluding tert-OH is 1. The first-order valence-corrected chi connectivity index (χ1v) is 12.0. The predicted molar refractivity (Wildman–Crippen MR) is 119 cm³/mol. The molecule has 0 aromatic carbocycles. The molecule has 0 bridgehead atoms. The largest absolute Gasteiger partial charge is 0.472 e. The Kier molecular flexibility index (Phi) is 4.47. The van der Waals surface area contributed by atoms with E-state index in [1.807, 2.05) is 0 Å². The van der Waals surface area contributed by atoms with Crippen LogP contribution in [0.5, 0.6) is 0 Å². The van der Waals surface area contributed by atoms with Crippen molar-refractivity contribution >= 4 is 23.5 Å². The van der Waals surface area contributed by atoms with Gasteiger partial charge in [-0.05, 0) is 18.6 Å². The van der Waals surface area contributed by atoms with Crippen LogP contribution in [0, 0.1) is 22.2 Å². The molecule has 6 rings (SSSR count). The highest BCUT2D eigenvalue weighted by Crippen LogP contribution is 2.76. The van der Waals surface area contributed by atoms with Crippen LogP contribution in [0.2, 0.25) is 0 Å². The predicted octanol–water partition coefficient (Wildman–Crippen LogP) is 0.775. The van der Waals surface area contributed by atoms with Crippen LogP contribution in [0.3, 0.4) is 0 Å². The molecule has 2 aliphatic carbocycles. The fourth-order valence-corrected chi connectivity index (χ4v) is 7.93. The quantitative estimate of drug-likeness (QED) is 0.431. The van der Waals surface area contributed by atoms with Gasteiger partial charge in [0, 0.05) is 34.8 Å². The summed E-state index contributed by atoms with van der Waals surface area (Å²) in [7, 11) is 1.08.